The maximum Gasteiger partial charge on any atom is 0.0813 e. The average Bonchev–Trinajstić information content (AvgIpc) is 2.16. The molecule has 0 saturated heterocycles. The first kappa shape index (κ1) is 13.8. The van der Waals surface area contributed by atoms with E-state index in [4.69, 9.17) is 11.6 Å². The molecule has 2 nitrogen and oxygen atoms in total. The summed E-state index contributed by atoms with van der Waals surface area (Å²) in [7, 11) is 0. The molecular formula is C12H17BrClNO. The zero-order chi connectivity index (χ0) is 12.3. The molecule has 0 aliphatic carbocycles. The molecule has 0 spiro atoms. The topological polar surface area (TPSA) is 32.3 Å². The number of rotatable bonds is 4. The normalized spacial score (nSPS) is 14.9. The lowest BCUT2D eigenvalue weighted by Gasteiger charge is -2.28. The minimum Gasteiger partial charge on any atom is -0.388 e. The van der Waals surface area contributed by atoms with Crippen LogP contribution in [0.3, 0.4) is 0 Å². The predicted octanol–water partition coefficient (Wildman–Crippen LogP) is 3.92. The number of hydrogen-bond acceptors (Lipinski definition) is 2. The van der Waals surface area contributed by atoms with Crippen LogP contribution in [0.25, 0.3) is 0 Å². The van der Waals surface area contributed by atoms with Crippen LogP contribution in [0.2, 0.25) is 5.02 Å². The SMILES string of the molecule is CC(C)C(C)(O)CNc1ccc(Cl)cc1Br. The van der Waals surface area contributed by atoms with Crippen LogP contribution < -0.4 is 5.32 Å². The Bertz CT molecular complexity index is 366. The number of anilines is 1. The molecule has 0 aliphatic heterocycles. The van der Waals surface area contributed by atoms with E-state index in [2.05, 4.69) is 21.2 Å². The van der Waals surface area contributed by atoms with Gasteiger partial charge in [0.05, 0.1) is 5.60 Å². The van der Waals surface area contributed by atoms with Crippen LogP contribution >= 0.6 is 27.5 Å². The maximum absolute atomic E-state index is 10.1. The fraction of sp³-hybridized carbons (Fsp3) is 0.500. The highest BCUT2D eigenvalue weighted by Gasteiger charge is 2.24. The summed E-state index contributed by atoms with van der Waals surface area (Å²) < 4.78 is 0.902. The molecular weight excluding hydrogens is 289 g/mol. The minimum absolute atomic E-state index is 0.200. The molecule has 0 saturated carbocycles. The molecule has 1 unspecified atom stereocenters. The van der Waals surface area contributed by atoms with E-state index in [1.807, 2.05) is 39.0 Å². The second kappa shape index (κ2) is 5.39. The highest BCUT2D eigenvalue weighted by atomic mass is 79.9. The Morgan fingerprint density at radius 1 is 1.50 bits per heavy atom. The number of halogens is 2. The summed E-state index contributed by atoms with van der Waals surface area (Å²) in [6, 6.07) is 5.54. The molecule has 0 bridgehead atoms. The molecule has 0 amide bonds. The van der Waals surface area contributed by atoms with Gasteiger partial charge in [0.1, 0.15) is 0 Å². The molecule has 1 aromatic carbocycles. The van der Waals surface area contributed by atoms with E-state index in [9.17, 15) is 5.11 Å². The fourth-order valence-electron chi connectivity index (χ4n) is 1.11. The van der Waals surface area contributed by atoms with Gasteiger partial charge in [-0.15, -0.1) is 0 Å². The third-order valence-corrected chi connectivity index (χ3v) is 3.70. The van der Waals surface area contributed by atoms with Crippen molar-refractivity contribution in [3.8, 4) is 0 Å². The predicted molar refractivity (Wildman–Crippen MR) is 73.1 cm³/mol. The zero-order valence-electron chi connectivity index (χ0n) is 9.72. The van der Waals surface area contributed by atoms with Crippen LogP contribution in [0.5, 0.6) is 0 Å². The van der Waals surface area contributed by atoms with Crippen LogP contribution in [0.15, 0.2) is 22.7 Å². The Labute approximate surface area is 110 Å². The first-order chi connectivity index (χ1) is 7.33. The van der Waals surface area contributed by atoms with Gasteiger partial charge in [0, 0.05) is 21.7 Å². The number of hydrogen-bond donors (Lipinski definition) is 2. The van der Waals surface area contributed by atoms with Crippen molar-refractivity contribution < 1.29 is 5.11 Å². The lowest BCUT2D eigenvalue weighted by Crippen LogP contribution is -2.38. The Kier molecular flexibility index (Phi) is 4.65. The number of nitrogens with one attached hydrogen (secondary N) is 1. The Morgan fingerprint density at radius 3 is 2.62 bits per heavy atom. The van der Waals surface area contributed by atoms with Gasteiger partial charge >= 0.3 is 0 Å². The molecule has 2 N–H and O–H groups in total. The van der Waals surface area contributed by atoms with Gasteiger partial charge in [-0.3, -0.25) is 0 Å². The van der Waals surface area contributed by atoms with E-state index in [0.29, 0.717) is 11.6 Å². The number of aliphatic hydroxyl groups is 1. The van der Waals surface area contributed by atoms with Gasteiger partial charge in [-0.2, -0.15) is 0 Å². The Balaban J connectivity index is 2.68. The Hall–Kier alpha value is -0.250. The molecule has 0 aliphatic rings. The first-order valence-corrected chi connectivity index (χ1v) is 6.41. The standard InChI is InChI=1S/C12H17BrClNO/c1-8(2)12(3,16)7-15-11-5-4-9(14)6-10(11)13/h4-6,8,15-16H,7H2,1-3H3. The largest absolute Gasteiger partial charge is 0.388 e. The molecule has 4 heteroatoms. The summed E-state index contributed by atoms with van der Waals surface area (Å²) in [5.41, 5.74) is 0.212. The van der Waals surface area contributed by atoms with Crippen LogP contribution in [0.1, 0.15) is 20.8 Å². The van der Waals surface area contributed by atoms with Crippen molar-refractivity contribution in [2.75, 3.05) is 11.9 Å². The van der Waals surface area contributed by atoms with Crippen LogP contribution in [0, 0.1) is 5.92 Å². The smallest absolute Gasteiger partial charge is 0.0813 e. The van der Waals surface area contributed by atoms with Crippen molar-refractivity contribution in [2.45, 2.75) is 26.4 Å². The summed E-state index contributed by atoms with van der Waals surface area (Å²) in [5.74, 6) is 0.200. The molecule has 1 rings (SSSR count). The van der Waals surface area contributed by atoms with Gasteiger partial charge in [-0.05, 0) is 47.0 Å². The molecule has 0 heterocycles. The van der Waals surface area contributed by atoms with Crippen molar-refractivity contribution in [3.05, 3.63) is 27.7 Å². The van der Waals surface area contributed by atoms with Gasteiger partial charge in [0.2, 0.25) is 0 Å². The molecule has 1 atom stereocenters. The zero-order valence-corrected chi connectivity index (χ0v) is 12.1. The van der Waals surface area contributed by atoms with Gasteiger partial charge in [-0.1, -0.05) is 25.4 Å². The second-order valence-electron chi connectivity index (χ2n) is 4.49. The van der Waals surface area contributed by atoms with Gasteiger partial charge in [0.15, 0.2) is 0 Å². The molecule has 0 fully saturated rings. The highest BCUT2D eigenvalue weighted by molar-refractivity contribution is 9.10. The van der Waals surface area contributed by atoms with Crippen molar-refractivity contribution >= 4 is 33.2 Å². The average molecular weight is 307 g/mol. The van der Waals surface area contributed by atoms with Crippen molar-refractivity contribution in [1.82, 2.24) is 0 Å². The number of benzene rings is 1. The molecule has 0 radical (unpaired) electrons. The monoisotopic (exact) mass is 305 g/mol. The molecule has 1 aromatic rings. The van der Waals surface area contributed by atoms with E-state index in [1.54, 1.807) is 0 Å². The van der Waals surface area contributed by atoms with Gasteiger partial charge in [0.25, 0.3) is 0 Å². The second-order valence-corrected chi connectivity index (χ2v) is 5.78. The minimum atomic E-state index is -0.723. The summed E-state index contributed by atoms with van der Waals surface area (Å²) in [5, 5.41) is 14.0. The van der Waals surface area contributed by atoms with E-state index >= 15 is 0 Å². The van der Waals surface area contributed by atoms with Crippen molar-refractivity contribution in [2.24, 2.45) is 5.92 Å². The van der Waals surface area contributed by atoms with Crippen LogP contribution in [0.4, 0.5) is 5.69 Å². The third kappa shape index (κ3) is 3.65. The summed E-state index contributed by atoms with van der Waals surface area (Å²) in [6.07, 6.45) is 0. The lowest BCUT2D eigenvalue weighted by molar-refractivity contribution is 0.0266. The molecule has 16 heavy (non-hydrogen) atoms. The maximum atomic E-state index is 10.1. The van der Waals surface area contributed by atoms with Crippen LogP contribution in [-0.4, -0.2) is 17.3 Å². The van der Waals surface area contributed by atoms with Gasteiger partial charge < -0.3 is 10.4 Å². The van der Waals surface area contributed by atoms with E-state index < -0.39 is 5.60 Å². The lowest BCUT2D eigenvalue weighted by atomic mass is 9.92. The van der Waals surface area contributed by atoms with E-state index in [1.165, 1.54) is 0 Å². The third-order valence-electron chi connectivity index (χ3n) is 2.81. The Morgan fingerprint density at radius 2 is 2.12 bits per heavy atom. The fourth-order valence-corrected chi connectivity index (χ4v) is 1.93. The van der Waals surface area contributed by atoms with Crippen LogP contribution in [-0.2, 0) is 0 Å². The molecule has 90 valence electrons. The summed E-state index contributed by atoms with van der Waals surface area (Å²) in [6.45, 7) is 6.33. The summed E-state index contributed by atoms with van der Waals surface area (Å²) >= 11 is 9.27. The van der Waals surface area contributed by atoms with Crippen molar-refractivity contribution in [1.29, 1.82) is 0 Å². The summed E-state index contributed by atoms with van der Waals surface area (Å²) in [4.78, 5) is 0. The van der Waals surface area contributed by atoms with Crippen molar-refractivity contribution in [3.63, 3.8) is 0 Å². The van der Waals surface area contributed by atoms with E-state index in [0.717, 1.165) is 10.2 Å². The van der Waals surface area contributed by atoms with E-state index in [-0.39, 0.29) is 5.92 Å². The quantitative estimate of drug-likeness (QED) is 0.883. The molecule has 0 aromatic heterocycles. The van der Waals surface area contributed by atoms with Gasteiger partial charge in [-0.25, -0.2) is 0 Å². The highest BCUT2D eigenvalue weighted by Crippen LogP contribution is 2.27. The first-order valence-electron chi connectivity index (χ1n) is 5.24.